The lowest BCUT2D eigenvalue weighted by atomic mass is 10.1. The highest BCUT2D eigenvalue weighted by molar-refractivity contribution is 7.10. The summed E-state index contributed by atoms with van der Waals surface area (Å²) >= 11 is 1.79. The Bertz CT molecular complexity index is 1050. The molecule has 0 saturated heterocycles. The van der Waals surface area contributed by atoms with Gasteiger partial charge in [-0.05, 0) is 41.6 Å². The Hall–Kier alpha value is -3.23. The van der Waals surface area contributed by atoms with Crippen LogP contribution in [0.4, 0.5) is 5.69 Å². The van der Waals surface area contributed by atoms with Crippen LogP contribution in [0.2, 0.25) is 0 Å². The van der Waals surface area contributed by atoms with Gasteiger partial charge in [-0.15, -0.1) is 11.3 Å². The third-order valence-corrected chi connectivity index (χ3v) is 6.01. The SMILES string of the molecule is O=C(NCCN1CCc2sccc2C1)c1cc([N+](=O)[O-])ccc1Oc1ccccc1. The zero-order valence-corrected chi connectivity index (χ0v) is 17.1. The molecule has 1 aliphatic rings. The van der Waals surface area contributed by atoms with E-state index >= 15 is 0 Å². The zero-order valence-electron chi connectivity index (χ0n) is 16.2. The number of non-ortho nitro benzene ring substituents is 1. The van der Waals surface area contributed by atoms with Gasteiger partial charge in [-0.1, -0.05) is 18.2 Å². The molecule has 1 N–H and O–H groups in total. The normalized spacial score (nSPS) is 13.5. The Balaban J connectivity index is 1.42. The number of hydrogen-bond donors (Lipinski definition) is 1. The van der Waals surface area contributed by atoms with Gasteiger partial charge in [-0.2, -0.15) is 0 Å². The number of para-hydroxylation sites is 1. The molecule has 154 valence electrons. The number of rotatable bonds is 7. The van der Waals surface area contributed by atoms with Gasteiger partial charge in [-0.3, -0.25) is 19.8 Å². The molecule has 4 rings (SSSR count). The van der Waals surface area contributed by atoms with Crippen molar-refractivity contribution in [3.8, 4) is 11.5 Å². The number of amides is 1. The Labute approximate surface area is 178 Å². The van der Waals surface area contributed by atoms with Crippen LogP contribution in [0, 0.1) is 10.1 Å². The number of carbonyl (C=O) groups excluding carboxylic acids is 1. The topological polar surface area (TPSA) is 84.7 Å². The molecular formula is C22H21N3O4S. The van der Waals surface area contributed by atoms with E-state index < -0.39 is 10.8 Å². The van der Waals surface area contributed by atoms with E-state index in [0.29, 0.717) is 18.8 Å². The van der Waals surface area contributed by atoms with E-state index in [0.717, 1.165) is 19.5 Å². The fraction of sp³-hybridized carbons (Fsp3) is 0.227. The summed E-state index contributed by atoms with van der Waals surface area (Å²) in [4.78, 5) is 27.2. The molecule has 1 aliphatic heterocycles. The molecule has 0 atom stereocenters. The zero-order chi connectivity index (χ0) is 20.9. The van der Waals surface area contributed by atoms with Crippen molar-refractivity contribution < 1.29 is 14.5 Å². The van der Waals surface area contributed by atoms with Crippen molar-refractivity contribution in [2.45, 2.75) is 13.0 Å². The fourth-order valence-electron chi connectivity index (χ4n) is 3.43. The molecule has 0 spiro atoms. The second-order valence-corrected chi connectivity index (χ2v) is 8.00. The summed E-state index contributed by atoms with van der Waals surface area (Å²) in [7, 11) is 0. The van der Waals surface area contributed by atoms with Crippen LogP contribution in [0.3, 0.4) is 0 Å². The summed E-state index contributed by atoms with van der Waals surface area (Å²) in [6, 6.07) is 15.2. The third kappa shape index (κ3) is 4.67. The lowest BCUT2D eigenvalue weighted by Gasteiger charge is -2.26. The third-order valence-electron chi connectivity index (χ3n) is 4.99. The molecule has 0 fully saturated rings. The molecular weight excluding hydrogens is 402 g/mol. The summed E-state index contributed by atoms with van der Waals surface area (Å²) in [5, 5.41) is 16.2. The van der Waals surface area contributed by atoms with Gasteiger partial charge in [-0.25, -0.2) is 0 Å². The molecule has 0 aliphatic carbocycles. The quantitative estimate of drug-likeness (QED) is 0.454. The van der Waals surface area contributed by atoms with Crippen molar-refractivity contribution in [2.75, 3.05) is 19.6 Å². The van der Waals surface area contributed by atoms with E-state index in [1.807, 2.05) is 18.2 Å². The van der Waals surface area contributed by atoms with E-state index in [2.05, 4.69) is 21.7 Å². The maximum atomic E-state index is 12.8. The lowest BCUT2D eigenvalue weighted by molar-refractivity contribution is -0.384. The first-order valence-corrected chi connectivity index (χ1v) is 10.6. The molecule has 2 heterocycles. The highest BCUT2D eigenvalue weighted by atomic mass is 32.1. The summed E-state index contributed by atoms with van der Waals surface area (Å²) in [5.74, 6) is 0.448. The van der Waals surface area contributed by atoms with Crippen LogP contribution < -0.4 is 10.1 Å². The first kappa shape index (κ1) is 20.1. The molecule has 7 nitrogen and oxygen atoms in total. The van der Waals surface area contributed by atoms with Gasteiger partial charge in [0.25, 0.3) is 11.6 Å². The molecule has 0 unspecified atom stereocenters. The maximum Gasteiger partial charge on any atom is 0.270 e. The van der Waals surface area contributed by atoms with Crippen molar-refractivity contribution in [3.63, 3.8) is 0 Å². The van der Waals surface area contributed by atoms with Gasteiger partial charge in [0, 0.05) is 43.2 Å². The highest BCUT2D eigenvalue weighted by Gasteiger charge is 2.20. The Morgan fingerprint density at radius 1 is 1.20 bits per heavy atom. The largest absolute Gasteiger partial charge is 0.457 e. The molecule has 8 heteroatoms. The second-order valence-electron chi connectivity index (χ2n) is 7.00. The standard InChI is InChI=1S/C22H21N3O4S/c26-22(23-10-12-24-11-8-21-16(15-24)9-13-30-21)19-14-17(25(27)28)6-7-20(19)29-18-4-2-1-3-5-18/h1-7,9,13-14H,8,10-12,15H2,(H,23,26). The number of fused-ring (bicyclic) bond motifs is 1. The number of nitrogens with zero attached hydrogens (tertiary/aromatic N) is 2. The van der Waals surface area contributed by atoms with Crippen LogP contribution in [0.15, 0.2) is 60.0 Å². The number of thiophene rings is 1. The van der Waals surface area contributed by atoms with Gasteiger partial charge >= 0.3 is 0 Å². The summed E-state index contributed by atoms with van der Waals surface area (Å²) in [6.45, 7) is 3.01. The first-order valence-electron chi connectivity index (χ1n) is 9.67. The molecule has 0 bridgehead atoms. The Kier molecular flexibility index (Phi) is 6.06. The lowest BCUT2D eigenvalue weighted by Crippen LogP contribution is -2.37. The van der Waals surface area contributed by atoms with Crippen molar-refractivity contribution in [3.05, 3.63) is 86.1 Å². The number of nitro benzene ring substituents is 1. The number of benzene rings is 2. The maximum absolute atomic E-state index is 12.8. The number of hydrogen-bond acceptors (Lipinski definition) is 6. The second kappa shape index (κ2) is 9.06. The minimum absolute atomic E-state index is 0.145. The van der Waals surface area contributed by atoms with Crippen LogP contribution in [0.1, 0.15) is 20.8 Å². The van der Waals surface area contributed by atoms with Gasteiger partial charge in [0.15, 0.2) is 0 Å². The van der Waals surface area contributed by atoms with E-state index in [-0.39, 0.29) is 17.0 Å². The van der Waals surface area contributed by atoms with E-state index in [1.54, 1.807) is 23.5 Å². The number of carbonyl (C=O) groups is 1. The van der Waals surface area contributed by atoms with Crippen LogP contribution in [0.5, 0.6) is 11.5 Å². The molecule has 2 aromatic carbocycles. The molecule has 0 radical (unpaired) electrons. The molecule has 30 heavy (non-hydrogen) atoms. The highest BCUT2D eigenvalue weighted by Crippen LogP contribution is 2.29. The fourth-order valence-corrected chi connectivity index (χ4v) is 4.32. The van der Waals surface area contributed by atoms with Crippen LogP contribution in [-0.4, -0.2) is 35.4 Å². The summed E-state index contributed by atoms with van der Waals surface area (Å²) in [6.07, 6.45) is 1.03. The number of nitrogens with one attached hydrogen (secondary N) is 1. The van der Waals surface area contributed by atoms with E-state index in [9.17, 15) is 14.9 Å². The number of ether oxygens (including phenoxy) is 1. The molecule has 3 aromatic rings. The number of nitro groups is 1. The van der Waals surface area contributed by atoms with E-state index in [4.69, 9.17) is 4.74 Å². The predicted molar refractivity (Wildman–Crippen MR) is 115 cm³/mol. The van der Waals surface area contributed by atoms with Crippen LogP contribution in [-0.2, 0) is 13.0 Å². The minimum Gasteiger partial charge on any atom is -0.457 e. The predicted octanol–water partition coefficient (Wildman–Crippen LogP) is 4.24. The molecule has 1 amide bonds. The monoisotopic (exact) mass is 423 g/mol. The van der Waals surface area contributed by atoms with Crippen LogP contribution >= 0.6 is 11.3 Å². The van der Waals surface area contributed by atoms with Crippen LogP contribution in [0.25, 0.3) is 0 Å². The van der Waals surface area contributed by atoms with Crippen molar-refractivity contribution in [1.82, 2.24) is 10.2 Å². The Morgan fingerprint density at radius 3 is 2.83 bits per heavy atom. The van der Waals surface area contributed by atoms with Crippen molar-refractivity contribution in [1.29, 1.82) is 0 Å². The first-order chi connectivity index (χ1) is 14.6. The van der Waals surface area contributed by atoms with Gasteiger partial charge < -0.3 is 10.1 Å². The Morgan fingerprint density at radius 2 is 2.03 bits per heavy atom. The molecule has 1 aromatic heterocycles. The van der Waals surface area contributed by atoms with Gasteiger partial charge in [0.1, 0.15) is 11.5 Å². The van der Waals surface area contributed by atoms with Gasteiger partial charge in [0.2, 0.25) is 0 Å². The summed E-state index contributed by atoms with van der Waals surface area (Å²) in [5.41, 5.74) is 1.35. The summed E-state index contributed by atoms with van der Waals surface area (Å²) < 4.78 is 5.80. The van der Waals surface area contributed by atoms with Gasteiger partial charge in [0.05, 0.1) is 10.5 Å². The average molecular weight is 423 g/mol. The molecule has 0 saturated carbocycles. The average Bonchev–Trinajstić information content (AvgIpc) is 3.22. The minimum atomic E-state index is -0.519. The smallest absolute Gasteiger partial charge is 0.270 e. The van der Waals surface area contributed by atoms with Crippen molar-refractivity contribution >= 4 is 22.9 Å². The van der Waals surface area contributed by atoms with E-state index in [1.165, 1.54) is 28.6 Å². The van der Waals surface area contributed by atoms with Crippen molar-refractivity contribution in [2.24, 2.45) is 0 Å².